The zero-order chi connectivity index (χ0) is 19.9. The summed E-state index contributed by atoms with van der Waals surface area (Å²) in [5.41, 5.74) is 2.72. The van der Waals surface area contributed by atoms with Crippen LogP contribution in [0.4, 0.5) is 0 Å². The molecule has 5 nitrogen and oxygen atoms in total. The van der Waals surface area contributed by atoms with Crippen LogP contribution in [0.15, 0.2) is 18.2 Å². The molecule has 1 aromatic carbocycles. The highest BCUT2D eigenvalue weighted by Gasteiger charge is 2.21. The molecule has 1 saturated heterocycles. The largest absolute Gasteiger partial charge is 0.493 e. The van der Waals surface area contributed by atoms with E-state index < -0.39 is 0 Å². The number of rotatable bonds is 8. The fourth-order valence-corrected chi connectivity index (χ4v) is 4.41. The van der Waals surface area contributed by atoms with Crippen LogP contribution in [0.25, 0.3) is 0 Å². The Labute approximate surface area is 169 Å². The number of carbonyl (C=O) groups excluding carboxylic acids is 1. The van der Waals surface area contributed by atoms with Gasteiger partial charge in [0.15, 0.2) is 0 Å². The van der Waals surface area contributed by atoms with Crippen LogP contribution in [0.5, 0.6) is 5.75 Å². The highest BCUT2D eigenvalue weighted by Crippen LogP contribution is 2.26. The molecule has 28 heavy (non-hydrogen) atoms. The van der Waals surface area contributed by atoms with E-state index >= 15 is 0 Å². The molecule has 0 spiro atoms. The predicted molar refractivity (Wildman–Crippen MR) is 112 cm³/mol. The number of likely N-dealkylation sites (N-methyl/N-ethyl adjacent to an activating group) is 1. The van der Waals surface area contributed by atoms with E-state index in [-0.39, 0.29) is 12.0 Å². The SMILES string of the molecule is CCN(CCCC(=O)N1CCC(O)CC1)C(C)Cc1ccc2c(c1)CCCO2. The first-order valence-corrected chi connectivity index (χ1v) is 11.0. The van der Waals surface area contributed by atoms with Crippen molar-refractivity contribution in [2.45, 2.75) is 70.9 Å². The fraction of sp³-hybridized carbons (Fsp3) is 0.696. The van der Waals surface area contributed by atoms with Crippen LogP contribution in [0.3, 0.4) is 0 Å². The third-order valence-electron chi connectivity index (χ3n) is 6.19. The molecule has 0 radical (unpaired) electrons. The lowest BCUT2D eigenvalue weighted by molar-refractivity contribution is -0.133. The number of aliphatic hydroxyl groups is 1. The molecule has 1 aromatic rings. The standard InChI is InChI=1S/C23H36N2O3/c1-3-24(12-4-7-23(27)25-13-10-21(26)11-14-25)18(2)16-19-8-9-22-20(17-19)6-5-15-28-22/h8-9,17-18,21,26H,3-7,10-16H2,1-2H3. The van der Waals surface area contributed by atoms with Gasteiger partial charge in [-0.05, 0) is 75.7 Å². The van der Waals surface area contributed by atoms with Gasteiger partial charge in [-0.2, -0.15) is 0 Å². The molecule has 1 atom stereocenters. The normalized spacial score (nSPS) is 18.6. The summed E-state index contributed by atoms with van der Waals surface area (Å²) in [5, 5.41) is 9.59. The van der Waals surface area contributed by atoms with Gasteiger partial charge in [0.1, 0.15) is 5.75 Å². The van der Waals surface area contributed by atoms with E-state index in [0.29, 0.717) is 25.6 Å². The van der Waals surface area contributed by atoms with E-state index in [9.17, 15) is 9.90 Å². The van der Waals surface area contributed by atoms with Gasteiger partial charge in [0.25, 0.3) is 0 Å². The third kappa shape index (κ3) is 5.71. The topological polar surface area (TPSA) is 53.0 Å². The van der Waals surface area contributed by atoms with Gasteiger partial charge in [0.05, 0.1) is 12.7 Å². The predicted octanol–water partition coefficient (Wildman–Crippen LogP) is 3.03. The molecule has 0 aromatic heterocycles. The Morgan fingerprint density at radius 2 is 2.14 bits per heavy atom. The minimum absolute atomic E-state index is 0.226. The molecule has 1 amide bonds. The molecule has 0 bridgehead atoms. The Morgan fingerprint density at radius 1 is 1.36 bits per heavy atom. The summed E-state index contributed by atoms with van der Waals surface area (Å²) in [4.78, 5) is 16.8. The Balaban J connectivity index is 1.44. The highest BCUT2D eigenvalue weighted by atomic mass is 16.5. The maximum Gasteiger partial charge on any atom is 0.222 e. The fourth-order valence-electron chi connectivity index (χ4n) is 4.41. The average molecular weight is 389 g/mol. The second-order valence-corrected chi connectivity index (χ2v) is 8.29. The Morgan fingerprint density at radius 3 is 2.89 bits per heavy atom. The van der Waals surface area contributed by atoms with Crippen molar-refractivity contribution >= 4 is 5.91 Å². The van der Waals surface area contributed by atoms with Gasteiger partial charge < -0.3 is 19.6 Å². The van der Waals surface area contributed by atoms with Crippen LogP contribution in [0, 0.1) is 0 Å². The van der Waals surface area contributed by atoms with E-state index in [1.165, 1.54) is 11.1 Å². The van der Waals surface area contributed by atoms with Crippen molar-refractivity contribution in [3.63, 3.8) is 0 Å². The molecule has 5 heteroatoms. The van der Waals surface area contributed by atoms with E-state index in [0.717, 1.165) is 64.0 Å². The second kappa shape index (κ2) is 10.3. The molecule has 2 aliphatic heterocycles. The summed E-state index contributed by atoms with van der Waals surface area (Å²) in [6, 6.07) is 7.09. The molecular weight excluding hydrogens is 352 g/mol. The van der Waals surface area contributed by atoms with E-state index in [2.05, 4.69) is 36.9 Å². The van der Waals surface area contributed by atoms with Gasteiger partial charge in [-0.15, -0.1) is 0 Å². The number of amides is 1. The average Bonchev–Trinajstić information content (AvgIpc) is 2.71. The number of likely N-dealkylation sites (tertiary alicyclic amines) is 1. The van der Waals surface area contributed by atoms with Gasteiger partial charge in [-0.25, -0.2) is 0 Å². The number of hydrogen-bond donors (Lipinski definition) is 1. The maximum atomic E-state index is 12.4. The zero-order valence-electron chi connectivity index (χ0n) is 17.5. The number of nitrogens with zero attached hydrogens (tertiary/aromatic N) is 2. The smallest absolute Gasteiger partial charge is 0.222 e. The first kappa shape index (κ1) is 21.1. The van der Waals surface area contributed by atoms with Crippen molar-refractivity contribution in [3.8, 4) is 5.75 Å². The lowest BCUT2D eigenvalue weighted by Gasteiger charge is -2.31. The summed E-state index contributed by atoms with van der Waals surface area (Å²) in [6.45, 7) is 8.68. The summed E-state index contributed by atoms with van der Waals surface area (Å²) in [6.07, 6.45) is 5.96. The van der Waals surface area contributed by atoms with Crippen LogP contribution in [0.1, 0.15) is 57.1 Å². The first-order valence-electron chi connectivity index (χ1n) is 11.0. The summed E-state index contributed by atoms with van der Waals surface area (Å²) >= 11 is 0. The van der Waals surface area contributed by atoms with Crippen molar-refractivity contribution in [2.75, 3.05) is 32.8 Å². The van der Waals surface area contributed by atoms with E-state index in [1.807, 2.05) is 4.90 Å². The molecule has 2 aliphatic rings. The van der Waals surface area contributed by atoms with Crippen molar-refractivity contribution in [3.05, 3.63) is 29.3 Å². The summed E-state index contributed by atoms with van der Waals surface area (Å²) < 4.78 is 5.72. The number of ether oxygens (including phenoxy) is 1. The lowest BCUT2D eigenvalue weighted by Crippen LogP contribution is -2.40. The van der Waals surface area contributed by atoms with Gasteiger partial charge >= 0.3 is 0 Å². The molecule has 2 heterocycles. The van der Waals surface area contributed by atoms with E-state index in [4.69, 9.17) is 4.74 Å². The molecule has 1 unspecified atom stereocenters. The molecule has 0 aliphatic carbocycles. The number of hydrogen-bond acceptors (Lipinski definition) is 4. The van der Waals surface area contributed by atoms with Crippen LogP contribution >= 0.6 is 0 Å². The number of fused-ring (bicyclic) bond motifs is 1. The van der Waals surface area contributed by atoms with Crippen molar-refractivity contribution in [2.24, 2.45) is 0 Å². The summed E-state index contributed by atoms with van der Waals surface area (Å²) in [5.74, 6) is 1.30. The number of aliphatic hydroxyl groups excluding tert-OH is 1. The number of benzene rings is 1. The molecular formula is C23H36N2O3. The zero-order valence-corrected chi connectivity index (χ0v) is 17.5. The van der Waals surface area contributed by atoms with Crippen LogP contribution < -0.4 is 4.74 Å². The number of carbonyl (C=O) groups is 1. The minimum Gasteiger partial charge on any atom is -0.493 e. The third-order valence-corrected chi connectivity index (χ3v) is 6.19. The van der Waals surface area contributed by atoms with Crippen molar-refractivity contribution in [1.29, 1.82) is 0 Å². The quantitative estimate of drug-likeness (QED) is 0.744. The van der Waals surface area contributed by atoms with Crippen LogP contribution in [-0.2, 0) is 17.6 Å². The number of aryl methyl sites for hydroxylation is 1. The van der Waals surface area contributed by atoms with E-state index in [1.54, 1.807) is 0 Å². The lowest BCUT2D eigenvalue weighted by atomic mass is 9.99. The van der Waals surface area contributed by atoms with Gasteiger partial charge in [0.2, 0.25) is 5.91 Å². The minimum atomic E-state index is -0.226. The Hall–Kier alpha value is -1.59. The Bertz CT molecular complexity index is 641. The molecule has 1 fully saturated rings. The molecule has 1 N–H and O–H groups in total. The second-order valence-electron chi connectivity index (χ2n) is 8.29. The first-order chi connectivity index (χ1) is 13.6. The Kier molecular flexibility index (Phi) is 7.74. The van der Waals surface area contributed by atoms with Gasteiger partial charge in [-0.1, -0.05) is 19.1 Å². The maximum absolute atomic E-state index is 12.4. The van der Waals surface area contributed by atoms with Crippen molar-refractivity contribution in [1.82, 2.24) is 9.80 Å². The highest BCUT2D eigenvalue weighted by molar-refractivity contribution is 5.76. The van der Waals surface area contributed by atoms with Crippen LogP contribution in [-0.4, -0.2) is 65.7 Å². The molecule has 0 saturated carbocycles. The molecule has 156 valence electrons. The number of piperidine rings is 1. The van der Waals surface area contributed by atoms with Crippen molar-refractivity contribution < 1.29 is 14.6 Å². The van der Waals surface area contributed by atoms with Crippen LogP contribution in [0.2, 0.25) is 0 Å². The van der Waals surface area contributed by atoms with Gasteiger partial charge in [0, 0.05) is 25.6 Å². The monoisotopic (exact) mass is 388 g/mol. The van der Waals surface area contributed by atoms with Gasteiger partial charge in [-0.3, -0.25) is 4.79 Å². The molecule has 3 rings (SSSR count). The summed E-state index contributed by atoms with van der Waals surface area (Å²) in [7, 11) is 0.